The van der Waals surface area contributed by atoms with Crippen molar-refractivity contribution in [1.82, 2.24) is 10.2 Å². The van der Waals surface area contributed by atoms with E-state index >= 15 is 0 Å². The third kappa shape index (κ3) is 1.85. The van der Waals surface area contributed by atoms with Crippen molar-refractivity contribution in [3.8, 4) is 0 Å². The Bertz CT molecular complexity index is 120. The molecule has 1 unspecified atom stereocenters. The summed E-state index contributed by atoms with van der Waals surface area (Å²) < 4.78 is 0. The zero-order valence-electron chi connectivity index (χ0n) is 5.72. The monoisotopic (exact) mass is 162 g/mol. The van der Waals surface area contributed by atoms with Gasteiger partial charge in [-0.15, -0.1) is 11.6 Å². The van der Waals surface area contributed by atoms with E-state index in [0.717, 1.165) is 26.0 Å². The van der Waals surface area contributed by atoms with E-state index in [4.69, 9.17) is 11.6 Å². The predicted octanol–water partition coefficient (Wildman–Crippen LogP) is -0.345. The number of piperazine rings is 1. The van der Waals surface area contributed by atoms with Crippen LogP contribution in [0.25, 0.3) is 0 Å². The van der Waals surface area contributed by atoms with Gasteiger partial charge in [0.15, 0.2) is 0 Å². The molecule has 1 heterocycles. The van der Waals surface area contributed by atoms with Gasteiger partial charge in [-0.1, -0.05) is 0 Å². The van der Waals surface area contributed by atoms with Gasteiger partial charge in [-0.05, 0) is 0 Å². The molecule has 1 aliphatic rings. The van der Waals surface area contributed by atoms with E-state index < -0.39 is 0 Å². The molecule has 0 spiro atoms. The van der Waals surface area contributed by atoms with Gasteiger partial charge >= 0.3 is 0 Å². The lowest BCUT2D eigenvalue weighted by Gasteiger charge is -2.29. The Kier molecular flexibility index (Phi) is 2.96. The average Bonchev–Trinajstić information content (AvgIpc) is 2.05. The molecular formula is C6H11ClN2O. The Morgan fingerprint density at radius 3 is 3.20 bits per heavy atom. The molecule has 1 saturated heterocycles. The molecule has 0 radical (unpaired) electrons. The summed E-state index contributed by atoms with van der Waals surface area (Å²) in [7, 11) is 0. The molecule has 0 aromatic carbocycles. The van der Waals surface area contributed by atoms with E-state index in [1.165, 1.54) is 0 Å². The van der Waals surface area contributed by atoms with E-state index in [-0.39, 0.29) is 6.04 Å². The molecule has 3 nitrogen and oxygen atoms in total. The second-order valence-electron chi connectivity index (χ2n) is 2.41. The van der Waals surface area contributed by atoms with Crippen LogP contribution >= 0.6 is 11.6 Å². The number of amides is 1. The van der Waals surface area contributed by atoms with Crippen LogP contribution in [0.1, 0.15) is 0 Å². The first-order valence-corrected chi connectivity index (χ1v) is 3.89. The first-order valence-electron chi connectivity index (χ1n) is 3.35. The van der Waals surface area contributed by atoms with E-state index in [9.17, 15) is 4.79 Å². The van der Waals surface area contributed by atoms with Crippen LogP contribution in [0.4, 0.5) is 0 Å². The molecule has 10 heavy (non-hydrogen) atoms. The van der Waals surface area contributed by atoms with Gasteiger partial charge in [0, 0.05) is 31.6 Å². The number of nitrogens with zero attached hydrogens (tertiary/aromatic N) is 1. The minimum Gasteiger partial charge on any atom is -0.342 e. The Morgan fingerprint density at radius 2 is 2.60 bits per heavy atom. The zero-order chi connectivity index (χ0) is 7.40. The lowest BCUT2D eigenvalue weighted by molar-refractivity contribution is -0.119. The highest BCUT2D eigenvalue weighted by Crippen LogP contribution is 1.97. The Hall–Kier alpha value is -0.280. The van der Waals surface area contributed by atoms with Crippen molar-refractivity contribution < 1.29 is 4.79 Å². The minimum atomic E-state index is 0.278. The summed E-state index contributed by atoms with van der Waals surface area (Å²) in [5, 5.41) is 3.20. The van der Waals surface area contributed by atoms with Gasteiger partial charge in [0.25, 0.3) is 0 Å². The van der Waals surface area contributed by atoms with Gasteiger partial charge in [0.2, 0.25) is 6.41 Å². The molecule has 1 fully saturated rings. The average molecular weight is 163 g/mol. The van der Waals surface area contributed by atoms with Gasteiger partial charge < -0.3 is 10.2 Å². The van der Waals surface area contributed by atoms with Gasteiger partial charge in [0.1, 0.15) is 0 Å². The fraction of sp³-hybridized carbons (Fsp3) is 0.833. The van der Waals surface area contributed by atoms with Crippen LogP contribution in [-0.4, -0.2) is 42.9 Å². The molecule has 0 aromatic heterocycles. The maximum Gasteiger partial charge on any atom is 0.209 e. The molecule has 1 aliphatic heterocycles. The topological polar surface area (TPSA) is 32.3 Å². The predicted molar refractivity (Wildman–Crippen MR) is 40.1 cm³/mol. The highest BCUT2D eigenvalue weighted by Gasteiger charge is 2.15. The van der Waals surface area contributed by atoms with Gasteiger partial charge in [0.05, 0.1) is 0 Å². The SMILES string of the molecule is O=CN1CCNC(CCl)C1. The maximum absolute atomic E-state index is 10.3. The molecule has 0 bridgehead atoms. The smallest absolute Gasteiger partial charge is 0.209 e. The highest BCUT2D eigenvalue weighted by atomic mass is 35.5. The van der Waals surface area contributed by atoms with Crippen LogP contribution < -0.4 is 5.32 Å². The van der Waals surface area contributed by atoms with Crippen LogP contribution in [-0.2, 0) is 4.79 Å². The number of rotatable bonds is 2. The molecule has 4 heteroatoms. The normalized spacial score (nSPS) is 26.5. The van der Waals surface area contributed by atoms with E-state index in [2.05, 4.69) is 5.32 Å². The largest absolute Gasteiger partial charge is 0.342 e. The summed E-state index contributed by atoms with van der Waals surface area (Å²) >= 11 is 5.60. The van der Waals surface area contributed by atoms with Crippen molar-refractivity contribution in [2.75, 3.05) is 25.5 Å². The number of alkyl halides is 1. The molecule has 1 N–H and O–H groups in total. The maximum atomic E-state index is 10.3. The van der Waals surface area contributed by atoms with Crippen molar-refractivity contribution in [3.63, 3.8) is 0 Å². The van der Waals surface area contributed by atoms with Crippen LogP contribution in [0.3, 0.4) is 0 Å². The van der Waals surface area contributed by atoms with Gasteiger partial charge in [-0.2, -0.15) is 0 Å². The second-order valence-corrected chi connectivity index (χ2v) is 2.71. The molecule has 0 saturated carbocycles. The number of halogens is 1. The molecule has 1 rings (SSSR count). The fourth-order valence-corrected chi connectivity index (χ4v) is 1.26. The Balaban J connectivity index is 2.31. The number of carbonyl (C=O) groups excluding carboxylic acids is 1. The summed E-state index contributed by atoms with van der Waals surface area (Å²) in [5.41, 5.74) is 0. The van der Waals surface area contributed by atoms with Crippen molar-refractivity contribution >= 4 is 18.0 Å². The van der Waals surface area contributed by atoms with Gasteiger partial charge in [-0.25, -0.2) is 0 Å². The molecule has 1 atom stereocenters. The summed E-state index contributed by atoms with van der Waals surface area (Å²) in [6, 6.07) is 0.278. The van der Waals surface area contributed by atoms with E-state index in [1.54, 1.807) is 4.90 Å². The lowest BCUT2D eigenvalue weighted by atomic mass is 10.2. The summed E-state index contributed by atoms with van der Waals surface area (Å²) in [6.45, 7) is 2.40. The summed E-state index contributed by atoms with van der Waals surface area (Å²) in [5.74, 6) is 0.574. The molecule has 0 aliphatic carbocycles. The van der Waals surface area contributed by atoms with Crippen molar-refractivity contribution in [2.45, 2.75) is 6.04 Å². The number of carbonyl (C=O) groups is 1. The first kappa shape index (κ1) is 7.82. The fourth-order valence-electron chi connectivity index (χ4n) is 1.05. The van der Waals surface area contributed by atoms with Crippen LogP contribution in [0.2, 0.25) is 0 Å². The third-order valence-corrected chi connectivity index (χ3v) is 1.99. The minimum absolute atomic E-state index is 0.278. The van der Waals surface area contributed by atoms with E-state index in [0.29, 0.717) is 5.88 Å². The Labute approximate surface area is 65.3 Å². The van der Waals surface area contributed by atoms with Crippen molar-refractivity contribution in [3.05, 3.63) is 0 Å². The van der Waals surface area contributed by atoms with Crippen LogP contribution in [0, 0.1) is 0 Å². The summed E-state index contributed by atoms with van der Waals surface area (Å²) in [4.78, 5) is 12.0. The molecule has 0 aromatic rings. The quantitative estimate of drug-likeness (QED) is 0.445. The van der Waals surface area contributed by atoms with Crippen LogP contribution in [0.15, 0.2) is 0 Å². The number of hydrogen-bond donors (Lipinski definition) is 1. The molecule has 58 valence electrons. The standard InChI is InChI=1S/C6H11ClN2O/c7-3-6-4-9(5-10)2-1-8-6/h5-6,8H,1-4H2. The highest BCUT2D eigenvalue weighted by molar-refractivity contribution is 6.18. The first-order chi connectivity index (χ1) is 4.86. The Morgan fingerprint density at radius 1 is 1.80 bits per heavy atom. The van der Waals surface area contributed by atoms with Crippen molar-refractivity contribution in [1.29, 1.82) is 0 Å². The number of nitrogens with one attached hydrogen (secondary N) is 1. The van der Waals surface area contributed by atoms with Crippen molar-refractivity contribution in [2.24, 2.45) is 0 Å². The zero-order valence-corrected chi connectivity index (χ0v) is 6.47. The third-order valence-electron chi connectivity index (χ3n) is 1.62. The molecular weight excluding hydrogens is 152 g/mol. The van der Waals surface area contributed by atoms with E-state index in [1.807, 2.05) is 0 Å². The number of hydrogen-bond acceptors (Lipinski definition) is 2. The summed E-state index contributed by atoms with van der Waals surface area (Å²) in [6.07, 6.45) is 0.875. The van der Waals surface area contributed by atoms with Gasteiger partial charge in [-0.3, -0.25) is 4.79 Å². The molecule has 1 amide bonds. The lowest BCUT2D eigenvalue weighted by Crippen LogP contribution is -2.50. The van der Waals surface area contributed by atoms with Crippen LogP contribution in [0.5, 0.6) is 0 Å². The second kappa shape index (κ2) is 3.78.